The fourth-order valence-electron chi connectivity index (χ4n) is 3.69. The van der Waals surface area contributed by atoms with Crippen LogP contribution in [0.5, 0.6) is 5.75 Å². The van der Waals surface area contributed by atoms with Crippen molar-refractivity contribution >= 4 is 46.6 Å². The number of benzene rings is 2. The minimum atomic E-state index is -1.24. The minimum Gasteiger partial charge on any atom is -0.497 e. The van der Waals surface area contributed by atoms with Gasteiger partial charge in [0, 0.05) is 5.69 Å². The van der Waals surface area contributed by atoms with Gasteiger partial charge in [0.2, 0.25) is 5.91 Å². The Morgan fingerprint density at radius 2 is 1.71 bits per heavy atom. The van der Waals surface area contributed by atoms with Crippen LogP contribution in [0.4, 0.5) is 11.4 Å². The molecule has 2 aromatic carbocycles. The summed E-state index contributed by atoms with van der Waals surface area (Å²) in [7, 11) is 1.51. The number of amides is 3. The van der Waals surface area contributed by atoms with E-state index in [1.807, 2.05) is 19.1 Å². The number of aryl methyl sites for hydroxylation is 1. The fourth-order valence-corrected chi connectivity index (χ4v) is 4.43. The van der Waals surface area contributed by atoms with Gasteiger partial charge in [0.1, 0.15) is 23.2 Å². The molecule has 3 aromatic rings. The van der Waals surface area contributed by atoms with Crippen LogP contribution < -0.4 is 26.4 Å². The summed E-state index contributed by atoms with van der Waals surface area (Å²) in [5.41, 5.74) is 12.8. The fraction of sp³-hybridized carbons (Fsp3) is 0.269. The predicted molar refractivity (Wildman–Crippen MR) is 143 cm³/mol. The van der Waals surface area contributed by atoms with E-state index in [1.165, 1.54) is 12.0 Å². The normalized spacial score (nSPS) is 11.3. The maximum atomic E-state index is 14.0. The van der Waals surface area contributed by atoms with Gasteiger partial charge in [-0.2, -0.15) is 4.37 Å². The number of nitrogens with one attached hydrogen (secondary N) is 1. The van der Waals surface area contributed by atoms with E-state index >= 15 is 0 Å². The predicted octanol–water partition coefficient (Wildman–Crippen LogP) is 2.46. The van der Waals surface area contributed by atoms with Gasteiger partial charge in [-0.15, -0.1) is 0 Å². The molecule has 0 fully saturated rings. The Hall–Kier alpha value is -4.45. The summed E-state index contributed by atoms with van der Waals surface area (Å²) in [6, 6.07) is 12.4. The van der Waals surface area contributed by atoms with Gasteiger partial charge in [-0.05, 0) is 60.3 Å². The lowest BCUT2D eigenvalue weighted by molar-refractivity contribution is -0.143. The Morgan fingerprint density at radius 1 is 1.05 bits per heavy atom. The van der Waals surface area contributed by atoms with Crippen molar-refractivity contribution in [2.45, 2.75) is 26.3 Å². The zero-order valence-electron chi connectivity index (χ0n) is 21.2. The second-order valence-electron chi connectivity index (χ2n) is 8.03. The van der Waals surface area contributed by atoms with Gasteiger partial charge in [-0.25, -0.2) is 0 Å². The number of primary amides is 1. The third-order valence-corrected chi connectivity index (χ3v) is 6.50. The number of aromatic nitrogens is 1. The monoisotopic (exact) mass is 539 g/mol. The molecule has 12 heteroatoms. The molecule has 1 aromatic heterocycles. The highest BCUT2D eigenvalue weighted by molar-refractivity contribution is 7.09. The van der Waals surface area contributed by atoms with Crippen LogP contribution in [0.15, 0.2) is 48.5 Å². The Kier molecular flexibility index (Phi) is 9.39. The molecule has 1 atom stereocenters. The standard InChI is InChI=1S/C26H29N5O6S/c1-4-15-6-10-17(11-7-15)31(26(35)23-20(27)21(24(28)33)30-38-23)22(16-8-12-18(36-3)13-9-16)25(34)29-14-19(32)37-5-2/h6-13,22H,4-5,14,27H2,1-3H3,(H2,28,33)(H,29,34)/t22-/m1/s1. The number of anilines is 2. The lowest BCUT2D eigenvalue weighted by Crippen LogP contribution is -2.45. The molecule has 0 bridgehead atoms. The number of hydrogen-bond acceptors (Lipinski definition) is 9. The van der Waals surface area contributed by atoms with Crippen LogP contribution in [-0.4, -0.2) is 48.3 Å². The largest absolute Gasteiger partial charge is 0.497 e. The lowest BCUT2D eigenvalue weighted by atomic mass is 10.0. The lowest BCUT2D eigenvalue weighted by Gasteiger charge is -2.31. The van der Waals surface area contributed by atoms with E-state index in [1.54, 1.807) is 43.3 Å². The van der Waals surface area contributed by atoms with Gasteiger partial charge in [0.25, 0.3) is 11.8 Å². The summed E-state index contributed by atoms with van der Waals surface area (Å²) < 4.78 is 14.1. The highest BCUT2D eigenvalue weighted by Gasteiger charge is 2.36. The van der Waals surface area contributed by atoms with E-state index in [9.17, 15) is 19.2 Å². The van der Waals surface area contributed by atoms with Crippen molar-refractivity contribution < 1.29 is 28.7 Å². The number of ether oxygens (including phenoxy) is 2. The van der Waals surface area contributed by atoms with Crippen molar-refractivity contribution in [2.24, 2.45) is 5.73 Å². The maximum Gasteiger partial charge on any atom is 0.325 e. The molecule has 3 rings (SSSR count). The molecule has 0 aliphatic heterocycles. The van der Waals surface area contributed by atoms with Crippen LogP contribution in [0, 0.1) is 0 Å². The van der Waals surface area contributed by atoms with E-state index in [4.69, 9.17) is 20.9 Å². The third kappa shape index (κ3) is 6.27. The number of carbonyl (C=O) groups is 4. The topological polar surface area (TPSA) is 167 Å². The van der Waals surface area contributed by atoms with Gasteiger partial charge < -0.3 is 26.3 Å². The number of esters is 1. The summed E-state index contributed by atoms with van der Waals surface area (Å²) in [5.74, 6) is -2.28. The molecule has 38 heavy (non-hydrogen) atoms. The van der Waals surface area contributed by atoms with Crippen molar-refractivity contribution in [3.63, 3.8) is 0 Å². The van der Waals surface area contributed by atoms with Crippen LogP contribution in [0.1, 0.15) is 51.2 Å². The molecule has 0 spiro atoms. The first-order valence-electron chi connectivity index (χ1n) is 11.8. The number of nitrogen functional groups attached to an aromatic ring is 1. The molecule has 0 saturated heterocycles. The molecule has 5 N–H and O–H groups in total. The van der Waals surface area contributed by atoms with Crippen LogP contribution in [0.2, 0.25) is 0 Å². The molecule has 11 nitrogen and oxygen atoms in total. The van der Waals surface area contributed by atoms with Crippen molar-refractivity contribution in [3.05, 3.63) is 70.2 Å². The summed E-state index contributed by atoms with van der Waals surface area (Å²) >= 11 is 0.706. The van der Waals surface area contributed by atoms with E-state index in [-0.39, 0.29) is 22.9 Å². The molecule has 1 heterocycles. The Labute approximate surface area is 223 Å². The Morgan fingerprint density at radius 3 is 2.24 bits per heavy atom. The van der Waals surface area contributed by atoms with Crippen molar-refractivity contribution in [2.75, 3.05) is 30.9 Å². The number of nitrogens with zero attached hydrogens (tertiary/aromatic N) is 2. The molecule has 0 aliphatic rings. The second-order valence-corrected chi connectivity index (χ2v) is 8.81. The number of hydrogen-bond donors (Lipinski definition) is 3. The molecule has 200 valence electrons. The van der Waals surface area contributed by atoms with Gasteiger partial charge in [0.05, 0.1) is 19.4 Å². The van der Waals surface area contributed by atoms with E-state index in [0.717, 1.165) is 12.0 Å². The van der Waals surface area contributed by atoms with Crippen molar-refractivity contribution in [3.8, 4) is 5.75 Å². The van der Waals surface area contributed by atoms with Crippen LogP contribution in [0.25, 0.3) is 0 Å². The highest BCUT2D eigenvalue weighted by Crippen LogP contribution is 2.34. The zero-order chi connectivity index (χ0) is 27.8. The van der Waals surface area contributed by atoms with E-state index in [2.05, 4.69) is 9.69 Å². The summed E-state index contributed by atoms with van der Waals surface area (Å²) in [6.45, 7) is 3.40. The smallest absolute Gasteiger partial charge is 0.325 e. The molecule has 3 amide bonds. The molecule has 0 radical (unpaired) electrons. The molecule has 0 unspecified atom stereocenters. The number of nitrogens with two attached hydrogens (primary N) is 2. The highest BCUT2D eigenvalue weighted by atomic mass is 32.1. The number of carbonyl (C=O) groups excluding carboxylic acids is 4. The van der Waals surface area contributed by atoms with Crippen molar-refractivity contribution in [1.29, 1.82) is 0 Å². The van der Waals surface area contributed by atoms with Gasteiger partial charge >= 0.3 is 5.97 Å². The Balaban J connectivity index is 2.16. The van der Waals surface area contributed by atoms with Crippen molar-refractivity contribution in [1.82, 2.24) is 9.69 Å². The average Bonchev–Trinajstić information content (AvgIpc) is 3.32. The van der Waals surface area contributed by atoms with Gasteiger partial charge in [0.15, 0.2) is 5.69 Å². The quantitative estimate of drug-likeness (QED) is 0.312. The SMILES string of the molecule is CCOC(=O)CNC(=O)[C@@H](c1ccc(OC)cc1)N(C(=O)c1snc(C(N)=O)c1N)c1ccc(CC)cc1. The molecule has 0 aliphatic carbocycles. The molecular formula is C26H29N5O6S. The first kappa shape index (κ1) is 28.1. The van der Waals surface area contributed by atoms with E-state index < -0.39 is 36.3 Å². The summed E-state index contributed by atoms with van der Waals surface area (Å²) in [4.78, 5) is 52.5. The molecular weight excluding hydrogens is 510 g/mol. The van der Waals surface area contributed by atoms with Gasteiger partial charge in [-0.1, -0.05) is 31.2 Å². The average molecular weight is 540 g/mol. The Bertz CT molecular complexity index is 1310. The number of rotatable bonds is 11. The summed E-state index contributed by atoms with van der Waals surface area (Å²) in [5, 5.41) is 2.56. The van der Waals surface area contributed by atoms with Crippen LogP contribution >= 0.6 is 11.5 Å². The first-order chi connectivity index (χ1) is 18.2. The third-order valence-electron chi connectivity index (χ3n) is 5.65. The maximum absolute atomic E-state index is 14.0. The molecule has 0 saturated carbocycles. The second kappa shape index (κ2) is 12.7. The summed E-state index contributed by atoms with van der Waals surface area (Å²) in [6.07, 6.45) is 0.764. The van der Waals surface area contributed by atoms with Gasteiger partial charge in [-0.3, -0.25) is 24.1 Å². The van der Waals surface area contributed by atoms with E-state index in [0.29, 0.717) is 28.5 Å². The van der Waals surface area contributed by atoms with Crippen LogP contribution in [0.3, 0.4) is 0 Å². The number of methoxy groups -OCH3 is 1. The zero-order valence-corrected chi connectivity index (χ0v) is 22.0. The van der Waals surface area contributed by atoms with Crippen LogP contribution in [-0.2, 0) is 20.7 Å². The minimum absolute atomic E-state index is 0.0601. The first-order valence-corrected chi connectivity index (χ1v) is 12.5.